The number of carbonyl (C=O) groups excluding carboxylic acids is 2. The average Bonchev–Trinajstić information content (AvgIpc) is 3.06. The van der Waals surface area contributed by atoms with Crippen molar-refractivity contribution in [2.75, 3.05) is 23.9 Å². The molecule has 0 bridgehead atoms. The van der Waals surface area contributed by atoms with E-state index < -0.39 is 0 Å². The van der Waals surface area contributed by atoms with Crippen LogP contribution in [0, 0.1) is 0 Å². The van der Waals surface area contributed by atoms with Crippen LogP contribution in [-0.4, -0.2) is 25.6 Å². The molecule has 0 atom stereocenters. The minimum absolute atomic E-state index is 0.0731. The molecule has 25 heavy (non-hydrogen) atoms. The van der Waals surface area contributed by atoms with Crippen molar-refractivity contribution in [2.24, 2.45) is 0 Å². The van der Waals surface area contributed by atoms with E-state index in [0.717, 1.165) is 12.0 Å². The molecule has 1 heterocycles. The molecule has 2 N–H and O–H groups in total. The molecule has 2 aromatic rings. The molecule has 2 aromatic carbocycles. The molecule has 6 nitrogen and oxygen atoms in total. The predicted molar refractivity (Wildman–Crippen MR) is 96.9 cm³/mol. The fraction of sp³-hybridized carbons (Fsp3) is 0.263. The lowest BCUT2D eigenvalue weighted by atomic mass is 10.2. The van der Waals surface area contributed by atoms with Gasteiger partial charge >= 0.3 is 6.03 Å². The van der Waals surface area contributed by atoms with Crippen LogP contribution >= 0.6 is 0 Å². The van der Waals surface area contributed by atoms with Crippen molar-refractivity contribution in [3.05, 3.63) is 54.1 Å². The summed E-state index contributed by atoms with van der Waals surface area (Å²) in [5.41, 5.74) is 2.32. The standard InChI is InChI=1S/C19H21N3O3/c1-25-17-10-9-15(12-16(17)22-11-5-8-18(22)23)21-19(24)20-13-14-6-3-2-4-7-14/h2-4,6-7,9-10,12H,5,8,11,13H2,1H3,(H2,20,21,24). The van der Waals surface area contributed by atoms with Crippen molar-refractivity contribution >= 4 is 23.3 Å². The number of hydrogen-bond acceptors (Lipinski definition) is 3. The van der Waals surface area contributed by atoms with Gasteiger partial charge in [0.1, 0.15) is 5.75 Å². The number of nitrogens with zero attached hydrogens (tertiary/aromatic N) is 1. The van der Waals surface area contributed by atoms with Gasteiger partial charge in [0.15, 0.2) is 0 Å². The maximum Gasteiger partial charge on any atom is 0.319 e. The van der Waals surface area contributed by atoms with E-state index >= 15 is 0 Å². The first-order chi connectivity index (χ1) is 12.2. The molecule has 1 aliphatic rings. The maximum atomic E-state index is 12.1. The van der Waals surface area contributed by atoms with E-state index in [9.17, 15) is 9.59 Å². The summed E-state index contributed by atoms with van der Waals surface area (Å²) in [7, 11) is 1.57. The number of anilines is 2. The van der Waals surface area contributed by atoms with Gasteiger partial charge in [0, 0.05) is 25.2 Å². The molecule has 1 saturated heterocycles. The lowest BCUT2D eigenvalue weighted by Gasteiger charge is -2.20. The predicted octanol–water partition coefficient (Wildman–Crippen LogP) is 3.14. The summed E-state index contributed by atoms with van der Waals surface area (Å²) in [6.45, 7) is 1.11. The van der Waals surface area contributed by atoms with E-state index in [4.69, 9.17) is 4.74 Å². The van der Waals surface area contributed by atoms with Gasteiger partial charge < -0.3 is 20.3 Å². The smallest absolute Gasteiger partial charge is 0.319 e. The number of benzene rings is 2. The zero-order chi connectivity index (χ0) is 17.6. The summed E-state index contributed by atoms with van der Waals surface area (Å²) in [5, 5.41) is 5.61. The van der Waals surface area contributed by atoms with Crippen molar-refractivity contribution in [1.29, 1.82) is 0 Å². The number of carbonyl (C=O) groups is 2. The topological polar surface area (TPSA) is 70.7 Å². The Hall–Kier alpha value is -3.02. The molecular formula is C19H21N3O3. The molecule has 3 amide bonds. The van der Waals surface area contributed by atoms with Crippen LogP contribution in [0.5, 0.6) is 5.75 Å². The Balaban J connectivity index is 1.67. The largest absolute Gasteiger partial charge is 0.495 e. The summed E-state index contributed by atoms with van der Waals surface area (Å²) >= 11 is 0. The monoisotopic (exact) mass is 339 g/mol. The Morgan fingerprint density at radius 3 is 2.68 bits per heavy atom. The van der Waals surface area contributed by atoms with E-state index in [1.54, 1.807) is 30.2 Å². The minimum atomic E-state index is -0.298. The Labute approximate surface area is 146 Å². The highest BCUT2D eigenvalue weighted by Gasteiger charge is 2.24. The normalized spacial score (nSPS) is 13.6. The maximum absolute atomic E-state index is 12.1. The van der Waals surface area contributed by atoms with E-state index in [0.29, 0.717) is 36.6 Å². The van der Waals surface area contributed by atoms with E-state index in [-0.39, 0.29) is 11.9 Å². The second-order valence-electron chi connectivity index (χ2n) is 5.83. The van der Waals surface area contributed by atoms with Crippen molar-refractivity contribution in [3.8, 4) is 5.75 Å². The van der Waals surface area contributed by atoms with Crippen LogP contribution in [-0.2, 0) is 11.3 Å². The van der Waals surface area contributed by atoms with Gasteiger partial charge in [-0.3, -0.25) is 4.79 Å². The number of methoxy groups -OCH3 is 1. The van der Waals surface area contributed by atoms with Crippen molar-refractivity contribution < 1.29 is 14.3 Å². The lowest BCUT2D eigenvalue weighted by molar-refractivity contribution is -0.117. The molecule has 0 unspecified atom stereocenters. The summed E-state index contributed by atoms with van der Waals surface area (Å²) in [6.07, 6.45) is 1.37. The molecule has 1 fully saturated rings. The van der Waals surface area contributed by atoms with Crippen LogP contribution in [0.15, 0.2) is 48.5 Å². The van der Waals surface area contributed by atoms with Crippen LogP contribution in [0.3, 0.4) is 0 Å². The molecule has 130 valence electrons. The molecule has 0 radical (unpaired) electrons. The summed E-state index contributed by atoms with van der Waals surface area (Å²) in [4.78, 5) is 25.8. The molecule has 0 aliphatic carbocycles. The third-order valence-electron chi connectivity index (χ3n) is 4.10. The van der Waals surface area contributed by atoms with Gasteiger partial charge in [-0.15, -0.1) is 0 Å². The van der Waals surface area contributed by atoms with Crippen LogP contribution < -0.4 is 20.3 Å². The highest BCUT2D eigenvalue weighted by Crippen LogP contribution is 2.33. The van der Waals surface area contributed by atoms with Gasteiger partial charge in [0.25, 0.3) is 0 Å². The van der Waals surface area contributed by atoms with Gasteiger partial charge in [0.2, 0.25) is 5.91 Å². The quantitative estimate of drug-likeness (QED) is 0.879. The van der Waals surface area contributed by atoms with Crippen LogP contribution in [0.4, 0.5) is 16.2 Å². The average molecular weight is 339 g/mol. The number of amides is 3. The third-order valence-corrected chi connectivity index (χ3v) is 4.10. The molecule has 0 aromatic heterocycles. The first kappa shape index (κ1) is 16.8. The van der Waals surface area contributed by atoms with Gasteiger partial charge in [0.05, 0.1) is 12.8 Å². The number of nitrogens with one attached hydrogen (secondary N) is 2. The molecule has 1 aliphatic heterocycles. The number of urea groups is 1. The zero-order valence-electron chi connectivity index (χ0n) is 14.1. The fourth-order valence-corrected chi connectivity index (χ4v) is 2.84. The van der Waals surface area contributed by atoms with Crippen molar-refractivity contribution in [2.45, 2.75) is 19.4 Å². The SMILES string of the molecule is COc1ccc(NC(=O)NCc2ccccc2)cc1N1CCCC1=O. The Morgan fingerprint density at radius 1 is 1.20 bits per heavy atom. The minimum Gasteiger partial charge on any atom is -0.495 e. The number of ether oxygens (including phenoxy) is 1. The zero-order valence-corrected chi connectivity index (χ0v) is 14.1. The molecule has 6 heteroatoms. The Morgan fingerprint density at radius 2 is 2.00 bits per heavy atom. The molecule has 0 saturated carbocycles. The Kier molecular flexibility index (Phi) is 5.18. The van der Waals surface area contributed by atoms with E-state index in [2.05, 4.69) is 10.6 Å². The third kappa shape index (κ3) is 4.09. The fourth-order valence-electron chi connectivity index (χ4n) is 2.84. The number of rotatable bonds is 5. The highest BCUT2D eigenvalue weighted by atomic mass is 16.5. The van der Waals surface area contributed by atoms with Gasteiger partial charge in [-0.2, -0.15) is 0 Å². The molecular weight excluding hydrogens is 318 g/mol. The lowest BCUT2D eigenvalue weighted by Crippen LogP contribution is -2.28. The van der Waals surface area contributed by atoms with Crippen LogP contribution in [0.2, 0.25) is 0 Å². The summed E-state index contributed by atoms with van der Waals surface area (Å²) in [5.74, 6) is 0.689. The summed E-state index contributed by atoms with van der Waals surface area (Å²) < 4.78 is 5.35. The summed E-state index contributed by atoms with van der Waals surface area (Å²) in [6, 6.07) is 14.7. The van der Waals surface area contributed by atoms with Gasteiger partial charge in [-0.25, -0.2) is 4.79 Å². The molecule has 3 rings (SSSR count). The van der Waals surface area contributed by atoms with E-state index in [1.165, 1.54) is 0 Å². The van der Waals surface area contributed by atoms with Crippen molar-refractivity contribution in [3.63, 3.8) is 0 Å². The molecule has 0 spiro atoms. The van der Waals surface area contributed by atoms with Crippen molar-refractivity contribution in [1.82, 2.24) is 5.32 Å². The first-order valence-corrected chi connectivity index (χ1v) is 8.24. The first-order valence-electron chi connectivity index (χ1n) is 8.24. The Bertz CT molecular complexity index is 762. The van der Waals surface area contributed by atoms with Gasteiger partial charge in [-0.05, 0) is 30.2 Å². The van der Waals surface area contributed by atoms with E-state index in [1.807, 2.05) is 30.3 Å². The van der Waals surface area contributed by atoms with Crippen LogP contribution in [0.1, 0.15) is 18.4 Å². The second-order valence-corrected chi connectivity index (χ2v) is 5.83. The highest BCUT2D eigenvalue weighted by molar-refractivity contribution is 5.98. The number of hydrogen-bond donors (Lipinski definition) is 2. The second kappa shape index (κ2) is 7.70. The van der Waals surface area contributed by atoms with Gasteiger partial charge in [-0.1, -0.05) is 30.3 Å². The van der Waals surface area contributed by atoms with Crippen LogP contribution in [0.25, 0.3) is 0 Å².